The van der Waals surface area contributed by atoms with E-state index in [-0.39, 0.29) is 0 Å². The molecule has 0 bridgehead atoms. The monoisotopic (exact) mass is 241 g/mol. The van der Waals surface area contributed by atoms with Gasteiger partial charge in [0.05, 0.1) is 0 Å². The van der Waals surface area contributed by atoms with Crippen LogP contribution < -0.4 is 5.73 Å². The van der Waals surface area contributed by atoms with Gasteiger partial charge < -0.3 is 5.73 Å². The molecule has 0 aliphatic heterocycles. The van der Waals surface area contributed by atoms with E-state index in [0.717, 1.165) is 17.2 Å². The van der Waals surface area contributed by atoms with Gasteiger partial charge in [-0.15, -0.1) is 10.2 Å². The summed E-state index contributed by atoms with van der Waals surface area (Å²) in [5.74, 6) is 1.67. The minimum Gasteiger partial charge on any atom is -0.382 e. The smallest absolute Gasteiger partial charge is 0.192 e. The topological polar surface area (TPSA) is 94.9 Å². The highest BCUT2D eigenvalue weighted by Gasteiger charge is 2.15. The summed E-state index contributed by atoms with van der Waals surface area (Å²) in [5, 5.41) is 8.23. The maximum atomic E-state index is 5.81. The molecule has 0 fully saturated rings. The summed E-state index contributed by atoms with van der Waals surface area (Å²) < 4.78 is 1.81. The van der Waals surface area contributed by atoms with Gasteiger partial charge in [0.2, 0.25) is 0 Å². The lowest BCUT2D eigenvalue weighted by Gasteiger charge is -2.04. The number of aromatic nitrogens is 6. The second-order valence-corrected chi connectivity index (χ2v) is 3.95. The average molecular weight is 241 g/mol. The molecule has 90 valence electrons. The van der Waals surface area contributed by atoms with E-state index in [0.29, 0.717) is 17.3 Å². The fourth-order valence-corrected chi connectivity index (χ4v) is 1.91. The molecule has 0 saturated heterocycles. The molecule has 0 spiro atoms. The SMILES string of the molecule is Cc1cc2nnc(-c3nccnc3N)n2c(C)n1. The Morgan fingerprint density at radius 3 is 2.67 bits per heavy atom. The van der Waals surface area contributed by atoms with Crippen molar-refractivity contribution < 1.29 is 0 Å². The third kappa shape index (κ3) is 1.48. The predicted octanol–water partition coefficient (Wildman–Crippen LogP) is 0.780. The van der Waals surface area contributed by atoms with Gasteiger partial charge in [-0.25, -0.2) is 15.0 Å². The molecule has 2 N–H and O–H groups in total. The fourth-order valence-electron chi connectivity index (χ4n) is 1.91. The molecule has 0 atom stereocenters. The second-order valence-electron chi connectivity index (χ2n) is 3.95. The van der Waals surface area contributed by atoms with Crippen molar-refractivity contribution in [1.82, 2.24) is 29.5 Å². The first-order valence-corrected chi connectivity index (χ1v) is 5.43. The summed E-state index contributed by atoms with van der Waals surface area (Å²) in [5.41, 5.74) is 7.94. The van der Waals surface area contributed by atoms with E-state index in [9.17, 15) is 0 Å². The van der Waals surface area contributed by atoms with Crippen LogP contribution in [0.15, 0.2) is 18.5 Å². The van der Waals surface area contributed by atoms with Crippen LogP contribution in [0.5, 0.6) is 0 Å². The molecule has 18 heavy (non-hydrogen) atoms. The van der Waals surface area contributed by atoms with Crippen molar-refractivity contribution in [2.75, 3.05) is 5.73 Å². The van der Waals surface area contributed by atoms with Crippen LogP contribution in [0, 0.1) is 13.8 Å². The van der Waals surface area contributed by atoms with Gasteiger partial charge in [0, 0.05) is 24.2 Å². The Kier molecular flexibility index (Phi) is 2.19. The zero-order valence-corrected chi connectivity index (χ0v) is 9.99. The molecule has 0 aliphatic rings. The average Bonchev–Trinajstić information content (AvgIpc) is 2.73. The molecule has 7 nitrogen and oxygen atoms in total. The molecule has 7 heteroatoms. The van der Waals surface area contributed by atoms with Crippen LogP contribution in [0.25, 0.3) is 17.2 Å². The third-order valence-electron chi connectivity index (χ3n) is 2.63. The first-order valence-electron chi connectivity index (χ1n) is 5.43. The number of rotatable bonds is 1. The molecular formula is C11H11N7. The number of nitrogens with two attached hydrogens (primary N) is 1. The summed E-state index contributed by atoms with van der Waals surface area (Å²) >= 11 is 0. The number of nitrogens with zero attached hydrogens (tertiary/aromatic N) is 6. The quantitative estimate of drug-likeness (QED) is 0.676. The molecule has 0 amide bonds. The van der Waals surface area contributed by atoms with Crippen molar-refractivity contribution in [3.8, 4) is 11.5 Å². The van der Waals surface area contributed by atoms with Crippen LogP contribution in [0.4, 0.5) is 5.82 Å². The Morgan fingerprint density at radius 1 is 1.11 bits per heavy atom. The van der Waals surface area contributed by atoms with E-state index in [1.807, 2.05) is 24.3 Å². The number of anilines is 1. The van der Waals surface area contributed by atoms with Gasteiger partial charge in [0.25, 0.3) is 0 Å². The number of nitrogen functional groups attached to an aromatic ring is 1. The number of fused-ring (bicyclic) bond motifs is 1. The lowest BCUT2D eigenvalue weighted by Crippen LogP contribution is -2.03. The van der Waals surface area contributed by atoms with Crippen LogP contribution in [0.2, 0.25) is 0 Å². The highest BCUT2D eigenvalue weighted by molar-refractivity contribution is 5.65. The van der Waals surface area contributed by atoms with Crippen molar-refractivity contribution in [2.24, 2.45) is 0 Å². The largest absolute Gasteiger partial charge is 0.382 e. The van der Waals surface area contributed by atoms with Crippen molar-refractivity contribution in [3.05, 3.63) is 30.0 Å². The maximum Gasteiger partial charge on any atom is 0.192 e. The van der Waals surface area contributed by atoms with Gasteiger partial charge in [-0.1, -0.05) is 0 Å². The fraction of sp³-hybridized carbons (Fsp3) is 0.182. The first kappa shape index (κ1) is 10.6. The van der Waals surface area contributed by atoms with E-state index in [4.69, 9.17) is 5.73 Å². The third-order valence-corrected chi connectivity index (χ3v) is 2.63. The Labute approximate surface area is 103 Å². The molecular weight excluding hydrogens is 230 g/mol. The Bertz CT molecular complexity index is 731. The van der Waals surface area contributed by atoms with Gasteiger partial charge in [-0.05, 0) is 13.8 Å². The molecule has 3 heterocycles. The molecule has 3 aromatic rings. The van der Waals surface area contributed by atoms with E-state index in [2.05, 4.69) is 25.1 Å². The molecule has 0 unspecified atom stereocenters. The van der Waals surface area contributed by atoms with Crippen LogP contribution in [0.3, 0.4) is 0 Å². The Hall–Kier alpha value is -2.57. The summed E-state index contributed by atoms with van der Waals surface area (Å²) in [4.78, 5) is 12.6. The molecule has 3 aromatic heterocycles. The number of hydrogen-bond acceptors (Lipinski definition) is 6. The van der Waals surface area contributed by atoms with Crippen LogP contribution in [-0.4, -0.2) is 29.5 Å². The first-order chi connectivity index (χ1) is 8.66. The van der Waals surface area contributed by atoms with Gasteiger partial charge in [-0.2, -0.15) is 0 Å². The number of aryl methyl sites for hydroxylation is 2. The molecule has 0 aromatic carbocycles. The van der Waals surface area contributed by atoms with E-state index >= 15 is 0 Å². The van der Waals surface area contributed by atoms with Crippen molar-refractivity contribution in [3.63, 3.8) is 0 Å². The molecule has 0 aliphatic carbocycles. The zero-order valence-electron chi connectivity index (χ0n) is 9.99. The second kappa shape index (κ2) is 3.73. The van der Waals surface area contributed by atoms with Crippen molar-refractivity contribution >= 4 is 11.5 Å². The Balaban J connectivity index is 2.35. The van der Waals surface area contributed by atoms with E-state index < -0.39 is 0 Å². The molecule has 0 radical (unpaired) electrons. The highest BCUT2D eigenvalue weighted by atomic mass is 15.3. The van der Waals surface area contributed by atoms with Gasteiger partial charge in [0.1, 0.15) is 5.82 Å². The van der Waals surface area contributed by atoms with Crippen LogP contribution >= 0.6 is 0 Å². The Morgan fingerprint density at radius 2 is 1.89 bits per heavy atom. The number of hydrogen-bond donors (Lipinski definition) is 1. The van der Waals surface area contributed by atoms with Crippen molar-refractivity contribution in [2.45, 2.75) is 13.8 Å². The van der Waals surface area contributed by atoms with Crippen molar-refractivity contribution in [1.29, 1.82) is 0 Å². The predicted molar refractivity (Wildman–Crippen MR) is 65.7 cm³/mol. The minimum absolute atomic E-state index is 0.326. The highest BCUT2D eigenvalue weighted by Crippen LogP contribution is 2.21. The molecule has 3 rings (SSSR count). The summed E-state index contributed by atoms with van der Waals surface area (Å²) in [7, 11) is 0. The zero-order chi connectivity index (χ0) is 12.7. The van der Waals surface area contributed by atoms with Gasteiger partial charge >= 0.3 is 0 Å². The van der Waals surface area contributed by atoms with E-state index in [1.54, 1.807) is 6.20 Å². The molecule has 0 saturated carbocycles. The van der Waals surface area contributed by atoms with Crippen LogP contribution in [-0.2, 0) is 0 Å². The standard InChI is InChI=1S/C11H11N7/c1-6-5-8-16-17-11(18(8)7(2)15-6)9-10(12)14-4-3-13-9/h3-5H,1-2H3,(H2,12,14). The summed E-state index contributed by atoms with van der Waals surface area (Å²) in [6, 6.07) is 1.86. The summed E-state index contributed by atoms with van der Waals surface area (Å²) in [6.45, 7) is 3.80. The minimum atomic E-state index is 0.326. The lowest BCUT2D eigenvalue weighted by molar-refractivity contribution is 0.956. The van der Waals surface area contributed by atoms with Gasteiger partial charge in [0.15, 0.2) is 23.0 Å². The van der Waals surface area contributed by atoms with Gasteiger partial charge in [-0.3, -0.25) is 4.40 Å². The summed E-state index contributed by atoms with van der Waals surface area (Å²) in [6.07, 6.45) is 3.11. The van der Waals surface area contributed by atoms with E-state index in [1.165, 1.54) is 6.20 Å². The van der Waals surface area contributed by atoms with Crippen LogP contribution in [0.1, 0.15) is 11.5 Å². The lowest BCUT2D eigenvalue weighted by atomic mass is 10.3. The maximum absolute atomic E-state index is 5.81. The normalized spacial score (nSPS) is 11.0.